The molecule has 1 aliphatic rings. The molecule has 1 aliphatic heterocycles. The fraction of sp³-hybridized carbons (Fsp3) is 0.471. The lowest BCUT2D eigenvalue weighted by molar-refractivity contribution is 0.257. The van der Waals surface area contributed by atoms with Crippen LogP contribution in [-0.2, 0) is 6.54 Å². The van der Waals surface area contributed by atoms with Gasteiger partial charge in [0.05, 0.1) is 5.52 Å². The molecule has 1 unspecified atom stereocenters. The van der Waals surface area contributed by atoms with E-state index in [1.165, 1.54) is 36.8 Å². The van der Waals surface area contributed by atoms with E-state index in [0.29, 0.717) is 6.04 Å². The number of nitrogens with zero attached hydrogens (tertiary/aromatic N) is 2. The van der Waals surface area contributed by atoms with Crippen LogP contribution in [-0.4, -0.2) is 36.1 Å². The number of piperidine rings is 1. The van der Waals surface area contributed by atoms with E-state index < -0.39 is 0 Å². The Morgan fingerprint density at radius 3 is 3.00 bits per heavy atom. The van der Waals surface area contributed by atoms with Gasteiger partial charge in [0, 0.05) is 30.7 Å². The molecule has 0 saturated carbocycles. The number of nitrogens with one attached hydrogen (secondary N) is 1. The van der Waals surface area contributed by atoms with Crippen molar-refractivity contribution in [2.45, 2.75) is 31.8 Å². The van der Waals surface area contributed by atoms with Crippen LogP contribution in [0.1, 0.15) is 24.8 Å². The summed E-state index contributed by atoms with van der Waals surface area (Å²) in [6, 6.07) is 11.2. The molecule has 0 amide bonds. The van der Waals surface area contributed by atoms with Gasteiger partial charge in [-0.3, -0.25) is 4.98 Å². The molecule has 1 fully saturated rings. The average Bonchev–Trinajstić information content (AvgIpc) is 2.48. The molecule has 1 aromatic carbocycles. The number of hydrogen-bond acceptors (Lipinski definition) is 3. The minimum absolute atomic E-state index is 0.654. The molecule has 0 spiro atoms. The van der Waals surface area contributed by atoms with Crippen LogP contribution in [0.25, 0.3) is 10.9 Å². The second-order valence-electron chi connectivity index (χ2n) is 5.83. The predicted octanol–water partition coefficient (Wildman–Crippen LogP) is 2.81. The maximum Gasteiger partial charge on any atom is 0.0705 e. The quantitative estimate of drug-likeness (QED) is 0.925. The topological polar surface area (TPSA) is 28.2 Å². The van der Waals surface area contributed by atoms with Gasteiger partial charge in [-0.15, -0.1) is 0 Å². The highest BCUT2D eigenvalue weighted by Crippen LogP contribution is 2.18. The Morgan fingerprint density at radius 2 is 2.15 bits per heavy atom. The molecule has 20 heavy (non-hydrogen) atoms. The first-order valence-corrected chi connectivity index (χ1v) is 7.57. The van der Waals surface area contributed by atoms with Gasteiger partial charge in [0.2, 0.25) is 0 Å². The van der Waals surface area contributed by atoms with E-state index in [2.05, 4.69) is 52.6 Å². The average molecular weight is 269 g/mol. The summed E-state index contributed by atoms with van der Waals surface area (Å²) in [7, 11) is 2.21. The number of aromatic nitrogens is 1. The molecule has 3 nitrogen and oxygen atoms in total. The van der Waals surface area contributed by atoms with E-state index in [1.807, 2.05) is 6.20 Å². The Kier molecular flexibility index (Phi) is 4.28. The van der Waals surface area contributed by atoms with Crippen molar-refractivity contribution in [1.29, 1.82) is 0 Å². The van der Waals surface area contributed by atoms with Crippen LogP contribution in [0.5, 0.6) is 0 Å². The van der Waals surface area contributed by atoms with Crippen molar-refractivity contribution in [3.63, 3.8) is 0 Å². The largest absolute Gasteiger partial charge is 0.313 e. The fourth-order valence-electron chi connectivity index (χ4n) is 3.10. The molecule has 106 valence electrons. The molecule has 1 atom stereocenters. The Hall–Kier alpha value is -1.45. The van der Waals surface area contributed by atoms with Crippen LogP contribution in [0.3, 0.4) is 0 Å². The normalized spacial score (nSPS) is 19.6. The van der Waals surface area contributed by atoms with Crippen LogP contribution >= 0.6 is 0 Å². The van der Waals surface area contributed by atoms with E-state index in [4.69, 9.17) is 0 Å². The molecule has 3 rings (SSSR count). The number of fused-ring (bicyclic) bond motifs is 1. The van der Waals surface area contributed by atoms with Crippen LogP contribution in [0, 0.1) is 0 Å². The van der Waals surface area contributed by atoms with E-state index in [-0.39, 0.29) is 0 Å². The lowest BCUT2D eigenvalue weighted by Gasteiger charge is -2.28. The highest BCUT2D eigenvalue weighted by molar-refractivity contribution is 5.81. The van der Waals surface area contributed by atoms with Crippen LogP contribution in [0.4, 0.5) is 0 Å². The molecule has 3 heteroatoms. The van der Waals surface area contributed by atoms with Crippen molar-refractivity contribution < 1.29 is 0 Å². The molecule has 2 aromatic rings. The van der Waals surface area contributed by atoms with Crippen molar-refractivity contribution in [2.24, 2.45) is 0 Å². The first-order chi connectivity index (χ1) is 9.83. The number of benzene rings is 1. The summed E-state index contributed by atoms with van der Waals surface area (Å²) in [5.74, 6) is 0. The van der Waals surface area contributed by atoms with Gasteiger partial charge in [-0.05, 0) is 44.1 Å². The highest BCUT2D eigenvalue weighted by Gasteiger charge is 2.15. The zero-order chi connectivity index (χ0) is 13.8. The maximum atomic E-state index is 4.43. The lowest BCUT2D eigenvalue weighted by atomic mass is 10.0. The minimum atomic E-state index is 0.654. The number of hydrogen-bond donors (Lipinski definition) is 1. The number of pyridine rings is 1. The second kappa shape index (κ2) is 6.33. The Morgan fingerprint density at radius 1 is 1.25 bits per heavy atom. The highest BCUT2D eigenvalue weighted by atomic mass is 15.1. The molecule has 1 N–H and O–H groups in total. The van der Waals surface area contributed by atoms with Gasteiger partial charge < -0.3 is 10.2 Å². The Bertz CT molecular complexity index is 556. The van der Waals surface area contributed by atoms with Gasteiger partial charge in [0.1, 0.15) is 0 Å². The number of rotatable bonds is 4. The third kappa shape index (κ3) is 3.17. The van der Waals surface area contributed by atoms with Crippen molar-refractivity contribution in [3.8, 4) is 0 Å². The van der Waals surface area contributed by atoms with Crippen LogP contribution < -0.4 is 5.32 Å². The third-order valence-corrected chi connectivity index (χ3v) is 4.12. The molecule has 1 aromatic heterocycles. The van der Waals surface area contributed by atoms with Crippen molar-refractivity contribution in [2.75, 3.05) is 20.1 Å². The van der Waals surface area contributed by atoms with Gasteiger partial charge in [0.15, 0.2) is 0 Å². The van der Waals surface area contributed by atoms with Gasteiger partial charge in [-0.25, -0.2) is 0 Å². The number of likely N-dealkylation sites (N-methyl/N-ethyl adjacent to an activating group) is 1. The minimum Gasteiger partial charge on any atom is -0.313 e. The third-order valence-electron chi connectivity index (χ3n) is 4.12. The summed E-state index contributed by atoms with van der Waals surface area (Å²) in [5.41, 5.74) is 2.46. The summed E-state index contributed by atoms with van der Waals surface area (Å²) in [6.45, 7) is 3.29. The molecule has 1 saturated heterocycles. The van der Waals surface area contributed by atoms with E-state index in [9.17, 15) is 0 Å². The van der Waals surface area contributed by atoms with Crippen molar-refractivity contribution in [1.82, 2.24) is 15.2 Å². The Labute approximate surface area is 121 Å². The SMILES string of the molecule is CN(Cc1ccnc2ccccc12)CC1CCCCN1. The van der Waals surface area contributed by atoms with Gasteiger partial charge >= 0.3 is 0 Å². The summed E-state index contributed by atoms with van der Waals surface area (Å²) in [5, 5.41) is 4.90. The second-order valence-corrected chi connectivity index (χ2v) is 5.83. The predicted molar refractivity (Wildman–Crippen MR) is 83.7 cm³/mol. The van der Waals surface area contributed by atoms with Crippen LogP contribution in [0.15, 0.2) is 36.5 Å². The number of para-hydroxylation sites is 1. The molecule has 0 radical (unpaired) electrons. The first kappa shape index (κ1) is 13.5. The van der Waals surface area contributed by atoms with Crippen molar-refractivity contribution >= 4 is 10.9 Å². The van der Waals surface area contributed by atoms with Crippen LogP contribution in [0.2, 0.25) is 0 Å². The summed E-state index contributed by atoms with van der Waals surface area (Å²) < 4.78 is 0. The zero-order valence-electron chi connectivity index (χ0n) is 12.2. The van der Waals surface area contributed by atoms with E-state index >= 15 is 0 Å². The van der Waals surface area contributed by atoms with Gasteiger partial charge in [-0.2, -0.15) is 0 Å². The molecular weight excluding hydrogens is 246 g/mol. The van der Waals surface area contributed by atoms with E-state index in [0.717, 1.165) is 18.6 Å². The monoisotopic (exact) mass is 269 g/mol. The standard InChI is InChI=1S/C17H23N3/c1-20(13-15-6-4-5-10-18-15)12-14-9-11-19-17-8-3-2-7-16(14)17/h2-3,7-9,11,15,18H,4-6,10,12-13H2,1H3. The molecule has 2 heterocycles. The summed E-state index contributed by atoms with van der Waals surface area (Å²) >= 11 is 0. The molecular formula is C17H23N3. The Balaban J connectivity index is 1.69. The lowest BCUT2D eigenvalue weighted by Crippen LogP contribution is -2.42. The van der Waals surface area contributed by atoms with Gasteiger partial charge in [0.25, 0.3) is 0 Å². The maximum absolute atomic E-state index is 4.43. The van der Waals surface area contributed by atoms with Crippen molar-refractivity contribution in [3.05, 3.63) is 42.1 Å². The van der Waals surface area contributed by atoms with E-state index in [1.54, 1.807) is 0 Å². The molecule has 0 bridgehead atoms. The summed E-state index contributed by atoms with van der Waals surface area (Å²) in [6.07, 6.45) is 5.92. The smallest absolute Gasteiger partial charge is 0.0705 e. The fourth-order valence-corrected chi connectivity index (χ4v) is 3.10. The van der Waals surface area contributed by atoms with Gasteiger partial charge in [-0.1, -0.05) is 24.6 Å². The first-order valence-electron chi connectivity index (χ1n) is 7.57. The zero-order valence-corrected chi connectivity index (χ0v) is 12.2. The summed E-state index contributed by atoms with van der Waals surface area (Å²) in [4.78, 5) is 6.86. The molecule has 0 aliphatic carbocycles.